The molecule has 2 fully saturated rings. The van der Waals surface area contributed by atoms with E-state index in [1.807, 2.05) is 48.5 Å². The number of methoxy groups -OCH3 is 1. The van der Waals surface area contributed by atoms with Crippen molar-refractivity contribution in [1.82, 2.24) is 5.32 Å². The van der Waals surface area contributed by atoms with Gasteiger partial charge >= 0.3 is 13.2 Å². The van der Waals surface area contributed by atoms with Crippen molar-refractivity contribution in [2.75, 3.05) is 31.6 Å². The van der Waals surface area contributed by atoms with Gasteiger partial charge in [0.1, 0.15) is 27.9 Å². The summed E-state index contributed by atoms with van der Waals surface area (Å²) in [5.41, 5.74) is -1.57. The van der Waals surface area contributed by atoms with E-state index in [2.05, 4.69) is 10.2 Å². The predicted octanol–water partition coefficient (Wildman–Crippen LogP) is 7.96. The Balaban J connectivity index is 1.66. The molecule has 0 bridgehead atoms. The Morgan fingerprint density at radius 1 is 1.14 bits per heavy atom. The van der Waals surface area contributed by atoms with Crippen molar-refractivity contribution in [2.45, 2.75) is 78.1 Å². The van der Waals surface area contributed by atoms with E-state index in [0.29, 0.717) is 30.9 Å². The SMILES string of the molecule is COc1cc(F)ccc1Oc1ccc(/C=C(\F)B2OC(C)(C)C(C)(C)O2)c(N2CCC[C@@H](CNC(=O)OC(C)(C)C)C2)c1Cl. The number of hydrogen-bond donors (Lipinski definition) is 1. The molecule has 0 aliphatic carbocycles. The van der Waals surface area contributed by atoms with E-state index in [1.165, 1.54) is 31.4 Å². The van der Waals surface area contributed by atoms with Crippen LogP contribution in [0.4, 0.5) is 19.3 Å². The van der Waals surface area contributed by atoms with E-state index in [4.69, 9.17) is 35.1 Å². The molecule has 0 radical (unpaired) electrons. The number of benzene rings is 2. The van der Waals surface area contributed by atoms with Crippen LogP contribution in [0.25, 0.3) is 6.08 Å². The van der Waals surface area contributed by atoms with Gasteiger partial charge in [-0.15, -0.1) is 0 Å². The second-order valence-corrected chi connectivity index (χ2v) is 13.5. The molecule has 1 N–H and O–H groups in total. The Morgan fingerprint density at radius 3 is 2.43 bits per heavy atom. The van der Waals surface area contributed by atoms with Crippen molar-refractivity contribution in [2.24, 2.45) is 5.92 Å². The number of piperidine rings is 1. The van der Waals surface area contributed by atoms with E-state index in [1.54, 1.807) is 12.1 Å². The Morgan fingerprint density at radius 2 is 1.80 bits per heavy atom. The quantitative estimate of drug-likeness (QED) is 0.295. The maximum atomic E-state index is 15.8. The number of alkyl carbamates (subject to hydrolysis) is 1. The molecule has 44 heavy (non-hydrogen) atoms. The molecule has 2 aliphatic heterocycles. The smallest absolute Gasteiger partial charge is 0.493 e. The number of carbonyl (C=O) groups is 1. The lowest BCUT2D eigenvalue weighted by Gasteiger charge is -2.36. The number of carbonyl (C=O) groups excluding carboxylic acids is 1. The predicted molar refractivity (Wildman–Crippen MR) is 169 cm³/mol. The first kappa shape index (κ1) is 33.9. The Labute approximate surface area is 264 Å². The van der Waals surface area contributed by atoms with Crippen LogP contribution in [0, 0.1) is 11.7 Å². The van der Waals surface area contributed by atoms with Crippen LogP contribution in [0.2, 0.25) is 5.02 Å². The highest BCUT2D eigenvalue weighted by Crippen LogP contribution is 2.45. The average molecular weight is 635 g/mol. The lowest BCUT2D eigenvalue weighted by atomic mass is 9.86. The van der Waals surface area contributed by atoms with Crippen molar-refractivity contribution >= 4 is 36.6 Å². The molecule has 2 saturated heterocycles. The summed E-state index contributed by atoms with van der Waals surface area (Å²) in [4.78, 5) is 14.4. The fourth-order valence-electron chi connectivity index (χ4n) is 5.07. The molecule has 240 valence electrons. The fraction of sp³-hybridized carbons (Fsp3) is 0.531. The lowest BCUT2D eigenvalue weighted by molar-refractivity contribution is 0.00578. The van der Waals surface area contributed by atoms with Gasteiger partial charge in [-0.25, -0.2) is 13.6 Å². The molecule has 0 spiro atoms. The minimum atomic E-state index is -1.18. The van der Waals surface area contributed by atoms with Gasteiger partial charge in [-0.2, -0.15) is 0 Å². The molecule has 2 aromatic carbocycles. The average Bonchev–Trinajstić information content (AvgIpc) is 3.15. The van der Waals surface area contributed by atoms with Gasteiger partial charge in [0.25, 0.3) is 0 Å². The minimum Gasteiger partial charge on any atom is -0.493 e. The summed E-state index contributed by atoms with van der Waals surface area (Å²) in [5, 5.41) is 3.10. The van der Waals surface area contributed by atoms with Gasteiger partial charge in [-0.05, 0) is 97.6 Å². The van der Waals surface area contributed by atoms with Gasteiger partial charge in [0.15, 0.2) is 11.5 Å². The Kier molecular flexibility index (Phi) is 10.1. The van der Waals surface area contributed by atoms with Crippen LogP contribution in [0.5, 0.6) is 17.2 Å². The van der Waals surface area contributed by atoms with Crippen molar-refractivity contribution in [1.29, 1.82) is 0 Å². The molecule has 0 unspecified atom stereocenters. The number of ether oxygens (including phenoxy) is 3. The van der Waals surface area contributed by atoms with Gasteiger partial charge in [-0.3, -0.25) is 0 Å². The lowest BCUT2D eigenvalue weighted by Crippen LogP contribution is -2.42. The van der Waals surface area contributed by atoms with E-state index < -0.39 is 41.6 Å². The highest BCUT2D eigenvalue weighted by Gasteiger charge is 2.53. The highest BCUT2D eigenvalue weighted by atomic mass is 35.5. The molecule has 2 aliphatic rings. The largest absolute Gasteiger partial charge is 0.525 e. The van der Waals surface area contributed by atoms with Crippen molar-refractivity contribution in [3.63, 3.8) is 0 Å². The molecular weight excluding hydrogens is 593 g/mol. The summed E-state index contributed by atoms with van der Waals surface area (Å²) >= 11 is 7.02. The summed E-state index contributed by atoms with van der Waals surface area (Å²) in [7, 11) is 0.235. The molecular formula is C32H42BClF2N2O6. The Hall–Kier alpha value is -3.02. The fourth-order valence-corrected chi connectivity index (χ4v) is 5.40. The molecule has 0 saturated carbocycles. The summed E-state index contributed by atoms with van der Waals surface area (Å²) < 4.78 is 58.2. The maximum Gasteiger partial charge on any atom is 0.525 e. The Bertz CT molecular complexity index is 1380. The molecule has 1 atom stereocenters. The van der Waals surface area contributed by atoms with Crippen LogP contribution in [0.15, 0.2) is 36.1 Å². The van der Waals surface area contributed by atoms with Crippen molar-refractivity contribution < 1.29 is 37.1 Å². The summed E-state index contributed by atoms with van der Waals surface area (Å²) in [6.45, 7) is 14.5. The van der Waals surface area contributed by atoms with Crippen LogP contribution in [-0.4, -0.2) is 56.8 Å². The van der Waals surface area contributed by atoms with Crippen LogP contribution in [-0.2, 0) is 14.0 Å². The third-order valence-corrected chi connectivity index (χ3v) is 8.36. The number of hydrogen-bond acceptors (Lipinski definition) is 7. The number of rotatable bonds is 8. The van der Waals surface area contributed by atoms with Crippen LogP contribution in [0.1, 0.15) is 66.9 Å². The van der Waals surface area contributed by atoms with E-state index in [0.717, 1.165) is 12.8 Å². The standard InChI is InChI=1S/C32H42BClF2N2O6/c1-30(2,3)42-29(39)37-18-20-10-9-15-38(19-20)28-21(16-26(36)33-43-31(4,5)32(6,7)44-33)11-13-24(27(28)34)41-23-14-12-22(35)17-25(23)40-8/h11-14,16-17,20H,9-10,15,18-19H2,1-8H3,(H,37,39)/b26-16-/t20-/m0/s1. The first-order chi connectivity index (χ1) is 20.5. The van der Waals surface area contributed by atoms with Gasteiger partial charge < -0.3 is 33.7 Å². The normalized spacial score (nSPS) is 20.0. The zero-order chi connectivity index (χ0) is 32.4. The maximum absolute atomic E-state index is 15.8. The molecule has 2 aromatic rings. The zero-order valence-electron chi connectivity index (χ0n) is 26.7. The first-order valence-corrected chi connectivity index (χ1v) is 15.2. The van der Waals surface area contributed by atoms with Gasteiger partial charge in [0.2, 0.25) is 0 Å². The van der Waals surface area contributed by atoms with Crippen molar-refractivity contribution in [3.8, 4) is 17.2 Å². The topological polar surface area (TPSA) is 78.5 Å². The molecule has 0 aromatic heterocycles. The van der Waals surface area contributed by atoms with Crippen LogP contribution < -0.4 is 19.7 Å². The highest BCUT2D eigenvalue weighted by molar-refractivity contribution is 6.54. The van der Waals surface area contributed by atoms with Crippen molar-refractivity contribution in [3.05, 3.63) is 52.5 Å². The van der Waals surface area contributed by atoms with Crippen LogP contribution in [0.3, 0.4) is 0 Å². The monoisotopic (exact) mass is 634 g/mol. The number of amides is 1. The summed E-state index contributed by atoms with van der Waals surface area (Å²) in [6.07, 6.45) is 2.58. The van der Waals surface area contributed by atoms with E-state index in [9.17, 15) is 9.18 Å². The number of halogens is 3. The van der Waals surface area contributed by atoms with E-state index in [-0.39, 0.29) is 28.2 Å². The first-order valence-electron chi connectivity index (χ1n) is 14.8. The van der Waals surface area contributed by atoms with Gasteiger partial charge in [0.05, 0.1) is 24.0 Å². The van der Waals surface area contributed by atoms with E-state index >= 15 is 4.39 Å². The zero-order valence-corrected chi connectivity index (χ0v) is 27.4. The third-order valence-electron chi connectivity index (χ3n) is 8.00. The number of nitrogens with one attached hydrogen (secondary N) is 1. The molecule has 1 amide bonds. The second kappa shape index (κ2) is 13.1. The third kappa shape index (κ3) is 7.97. The van der Waals surface area contributed by atoms with Crippen LogP contribution >= 0.6 is 11.6 Å². The van der Waals surface area contributed by atoms with Gasteiger partial charge in [0, 0.05) is 31.3 Å². The number of anilines is 1. The molecule has 8 nitrogen and oxygen atoms in total. The molecule has 4 rings (SSSR count). The molecule has 12 heteroatoms. The minimum absolute atomic E-state index is 0.0823. The summed E-state index contributed by atoms with van der Waals surface area (Å²) in [6, 6.07) is 7.27. The summed E-state index contributed by atoms with van der Waals surface area (Å²) in [5.74, 6) is 0.364. The second-order valence-electron chi connectivity index (χ2n) is 13.2. The number of nitrogens with zero attached hydrogens (tertiary/aromatic N) is 1. The molecule has 2 heterocycles. The van der Waals surface area contributed by atoms with Gasteiger partial charge in [-0.1, -0.05) is 11.6 Å².